The number of hydrogen-bond acceptors (Lipinski definition) is 1. The van der Waals surface area contributed by atoms with Gasteiger partial charge >= 0.3 is 6.03 Å². The summed E-state index contributed by atoms with van der Waals surface area (Å²) in [5, 5.41) is 3.08. The lowest BCUT2D eigenvalue weighted by Crippen LogP contribution is -2.44. The Labute approximate surface area is 160 Å². The Hall–Kier alpha value is -3.01. The van der Waals surface area contributed by atoms with Crippen LogP contribution in [0.2, 0.25) is 0 Å². The SMILES string of the molecule is CCc1ccc(NC(=O)N2CCn3cccc3[C@H]2c2ccccc2C)cc1. The predicted octanol–water partition coefficient (Wildman–Crippen LogP) is 5.00. The van der Waals surface area contributed by atoms with Crippen molar-refractivity contribution < 1.29 is 4.79 Å². The number of carbonyl (C=O) groups excluding carboxylic acids is 1. The summed E-state index contributed by atoms with van der Waals surface area (Å²) in [6.45, 7) is 5.73. The first-order valence-corrected chi connectivity index (χ1v) is 9.54. The van der Waals surface area contributed by atoms with Gasteiger partial charge in [0.15, 0.2) is 0 Å². The number of nitrogens with one attached hydrogen (secondary N) is 1. The number of hydrogen-bond donors (Lipinski definition) is 1. The van der Waals surface area contributed by atoms with Crippen LogP contribution in [0.1, 0.15) is 35.3 Å². The largest absolute Gasteiger partial charge is 0.348 e. The van der Waals surface area contributed by atoms with E-state index in [4.69, 9.17) is 0 Å². The monoisotopic (exact) mass is 359 g/mol. The molecule has 0 unspecified atom stereocenters. The Morgan fingerprint density at radius 1 is 1.04 bits per heavy atom. The molecule has 1 aliphatic rings. The van der Waals surface area contributed by atoms with Crippen LogP contribution >= 0.6 is 0 Å². The van der Waals surface area contributed by atoms with E-state index < -0.39 is 0 Å². The number of aryl methyl sites for hydroxylation is 2. The van der Waals surface area contributed by atoms with Crippen LogP contribution in [0.25, 0.3) is 0 Å². The third-order valence-electron chi connectivity index (χ3n) is 5.40. The third-order valence-corrected chi connectivity index (χ3v) is 5.40. The van der Waals surface area contributed by atoms with E-state index in [2.05, 4.69) is 66.3 Å². The molecule has 3 aromatic rings. The van der Waals surface area contributed by atoms with Crippen molar-refractivity contribution >= 4 is 11.7 Å². The van der Waals surface area contributed by atoms with E-state index >= 15 is 0 Å². The first kappa shape index (κ1) is 17.4. The highest BCUT2D eigenvalue weighted by Gasteiger charge is 2.32. The summed E-state index contributed by atoms with van der Waals surface area (Å²) in [6.07, 6.45) is 3.09. The minimum atomic E-state index is -0.0788. The number of anilines is 1. The third kappa shape index (κ3) is 3.35. The highest BCUT2D eigenvalue weighted by Crippen LogP contribution is 2.34. The van der Waals surface area contributed by atoms with Crippen molar-refractivity contribution in [2.45, 2.75) is 32.9 Å². The molecule has 2 heterocycles. The van der Waals surface area contributed by atoms with Crippen LogP contribution in [-0.4, -0.2) is 22.0 Å². The molecule has 1 aliphatic heterocycles. The topological polar surface area (TPSA) is 37.3 Å². The van der Waals surface area contributed by atoms with Crippen molar-refractivity contribution in [3.05, 3.63) is 89.2 Å². The number of benzene rings is 2. The molecule has 2 aromatic carbocycles. The van der Waals surface area contributed by atoms with E-state index in [-0.39, 0.29) is 12.1 Å². The van der Waals surface area contributed by atoms with Crippen LogP contribution in [0, 0.1) is 6.92 Å². The first-order valence-electron chi connectivity index (χ1n) is 9.54. The summed E-state index contributed by atoms with van der Waals surface area (Å²) in [4.78, 5) is 15.1. The molecule has 27 heavy (non-hydrogen) atoms. The van der Waals surface area contributed by atoms with Gasteiger partial charge in [-0.25, -0.2) is 4.79 Å². The second kappa shape index (κ2) is 7.31. The molecule has 1 N–H and O–H groups in total. The Balaban J connectivity index is 1.65. The van der Waals surface area contributed by atoms with Crippen LogP contribution in [-0.2, 0) is 13.0 Å². The van der Waals surface area contributed by atoms with E-state index in [1.54, 1.807) is 0 Å². The molecule has 2 amide bonds. The minimum Gasteiger partial charge on any atom is -0.348 e. The molecule has 0 radical (unpaired) electrons. The summed E-state index contributed by atoms with van der Waals surface area (Å²) >= 11 is 0. The summed E-state index contributed by atoms with van der Waals surface area (Å²) < 4.78 is 2.25. The number of carbonyl (C=O) groups is 1. The lowest BCUT2D eigenvalue weighted by molar-refractivity contribution is 0.181. The normalized spacial score (nSPS) is 16.1. The molecule has 0 fully saturated rings. The molecule has 0 saturated heterocycles. The standard InChI is InChI=1S/C23H25N3O/c1-3-18-10-12-19(13-11-18)24-23(27)26-16-15-25-14-6-9-21(25)22(26)20-8-5-4-7-17(20)2/h4-14,22H,3,15-16H2,1-2H3,(H,24,27)/t22-/m1/s1. The van der Waals surface area contributed by atoms with Gasteiger partial charge in [0.1, 0.15) is 0 Å². The maximum atomic E-state index is 13.2. The fourth-order valence-corrected chi connectivity index (χ4v) is 3.84. The molecule has 4 nitrogen and oxygen atoms in total. The first-order chi connectivity index (χ1) is 13.2. The van der Waals surface area contributed by atoms with Crippen LogP contribution < -0.4 is 5.32 Å². The average molecular weight is 359 g/mol. The van der Waals surface area contributed by atoms with Gasteiger partial charge in [0.05, 0.1) is 6.04 Å². The molecule has 4 heteroatoms. The van der Waals surface area contributed by atoms with Gasteiger partial charge < -0.3 is 14.8 Å². The number of fused-ring (bicyclic) bond motifs is 1. The van der Waals surface area contributed by atoms with E-state index in [1.165, 1.54) is 16.7 Å². The van der Waals surface area contributed by atoms with E-state index in [1.807, 2.05) is 29.2 Å². The van der Waals surface area contributed by atoms with Gasteiger partial charge in [0, 0.05) is 30.7 Å². The predicted molar refractivity (Wildman–Crippen MR) is 109 cm³/mol. The zero-order valence-corrected chi connectivity index (χ0v) is 15.9. The molecule has 0 saturated carbocycles. The van der Waals surface area contributed by atoms with Crippen molar-refractivity contribution in [3.63, 3.8) is 0 Å². The maximum absolute atomic E-state index is 13.2. The fraction of sp³-hybridized carbons (Fsp3) is 0.261. The van der Waals surface area contributed by atoms with Crippen LogP contribution in [0.15, 0.2) is 66.9 Å². The van der Waals surface area contributed by atoms with Crippen LogP contribution in [0.5, 0.6) is 0 Å². The van der Waals surface area contributed by atoms with Gasteiger partial charge in [-0.05, 0) is 54.3 Å². The smallest absolute Gasteiger partial charge is 0.322 e. The Kier molecular flexibility index (Phi) is 4.71. The second-order valence-electron chi connectivity index (χ2n) is 7.06. The van der Waals surface area contributed by atoms with Crippen molar-refractivity contribution in [2.24, 2.45) is 0 Å². The molecule has 138 valence electrons. The summed E-state index contributed by atoms with van der Waals surface area (Å²) in [5.74, 6) is 0. The average Bonchev–Trinajstić information content (AvgIpc) is 3.17. The van der Waals surface area contributed by atoms with Crippen molar-refractivity contribution in [1.82, 2.24) is 9.47 Å². The minimum absolute atomic E-state index is 0.0556. The lowest BCUT2D eigenvalue weighted by Gasteiger charge is -2.38. The van der Waals surface area contributed by atoms with Gasteiger partial charge in [-0.2, -0.15) is 0 Å². The molecule has 1 atom stereocenters. The van der Waals surface area contributed by atoms with Gasteiger partial charge in [-0.3, -0.25) is 0 Å². The second-order valence-corrected chi connectivity index (χ2v) is 7.06. The van der Waals surface area contributed by atoms with Gasteiger partial charge in [-0.1, -0.05) is 43.3 Å². The Morgan fingerprint density at radius 3 is 2.56 bits per heavy atom. The summed E-state index contributed by atoms with van der Waals surface area (Å²) in [6, 6.07) is 20.5. The van der Waals surface area contributed by atoms with Crippen molar-refractivity contribution in [2.75, 3.05) is 11.9 Å². The zero-order valence-electron chi connectivity index (χ0n) is 15.9. The van der Waals surface area contributed by atoms with Gasteiger partial charge in [-0.15, -0.1) is 0 Å². The van der Waals surface area contributed by atoms with E-state index in [0.29, 0.717) is 6.54 Å². The Bertz CT molecular complexity index is 942. The maximum Gasteiger partial charge on any atom is 0.322 e. The molecule has 0 spiro atoms. The van der Waals surface area contributed by atoms with E-state index in [9.17, 15) is 4.79 Å². The molecule has 0 aliphatic carbocycles. The van der Waals surface area contributed by atoms with Crippen LogP contribution in [0.4, 0.5) is 10.5 Å². The molecule has 4 rings (SSSR count). The number of rotatable bonds is 3. The molecular formula is C23H25N3O. The highest BCUT2D eigenvalue weighted by molar-refractivity contribution is 5.90. The van der Waals surface area contributed by atoms with Crippen molar-refractivity contribution in [3.8, 4) is 0 Å². The molecule has 1 aromatic heterocycles. The van der Waals surface area contributed by atoms with Gasteiger partial charge in [0.2, 0.25) is 0 Å². The summed E-state index contributed by atoms with van der Waals surface area (Å²) in [7, 11) is 0. The number of urea groups is 1. The quantitative estimate of drug-likeness (QED) is 0.702. The van der Waals surface area contributed by atoms with Crippen LogP contribution in [0.3, 0.4) is 0 Å². The van der Waals surface area contributed by atoms with E-state index in [0.717, 1.165) is 24.3 Å². The van der Waals surface area contributed by atoms with Crippen molar-refractivity contribution in [1.29, 1.82) is 0 Å². The lowest BCUT2D eigenvalue weighted by atomic mass is 9.96. The highest BCUT2D eigenvalue weighted by atomic mass is 16.2. The molecule has 0 bridgehead atoms. The number of aromatic nitrogens is 1. The zero-order chi connectivity index (χ0) is 18.8. The Morgan fingerprint density at radius 2 is 1.81 bits per heavy atom. The number of amides is 2. The summed E-state index contributed by atoms with van der Waals surface area (Å²) in [5.41, 5.74) is 5.63. The number of nitrogens with zero attached hydrogens (tertiary/aromatic N) is 2. The molecular weight excluding hydrogens is 334 g/mol. The van der Waals surface area contributed by atoms with Gasteiger partial charge in [0.25, 0.3) is 0 Å². The fourth-order valence-electron chi connectivity index (χ4n) is 3.84.